The Bertz CT molecular complexity index is 733. The first-order chi connectivity index (χ1) is 14.2. The van der Waals surface area contributed by atoms with Crippen molar-refractivity contribution in [2.45, 2.75) is 45.6 Å². The molecule has 7 nitrogen and oxygen atoms in total. The Balaban J connectivity index is 1.61. The van der Waals surface area contributed by atoms with Crippen LogP contribution >= 0.6 is 0 Å². The molecule has 7 heteroatoms. The van der Waals surface area contributed by atoms with Crippen LogP contribution in [0.1, 0.15) is 45.6 Å². The van der Waals surface area contributed by atoms with Crippen LogP contribution in [0, 0.1) is 5.92 Å². The molecule has 164 valence electrons. The Morgan fingerprint density at radius 3 is 2.40 bits per heavy atom. The molecule has 1 heterocycles. The van der Waals surface area contributed by atoms with E-state index in [1.807, 2.05) is 35.2 Å². The zero-order chi connectivity index (χ0) is 22.0. The van der Waals surface area contributed by atoms with Gasteiger partial charge in [-0.15, -0.1) is 0 Å². The number of benzene rings is 1. The number of hydrogen-bond acceptors (Lipinski definition) is 4. The zero-order valence-corrected chi connectivity index (χ0v) is 18.1. The van der Waals surface area contributed by atoms with E-state index in [1.165, 1.54) is 0 Å². The van der Waals surface area contributed by atoms with E-state index in [-0.39, 0.29) is 24.8 Å². The predicted octanol–water partition coefficient (Wildman–Crippen LogP) is 2.97. The van der Waals surface area contributed by atoms with Crippen LogP contribution in [0.4, 0.5) is 4.79 Å². The van der Waals surface area contributed by atoms with Gasteiger partial charge in [0.15, 0.2) is 0 Å². The summed E-state index contributed by atoms with van der Waals surface area (Å²) in [6, 6.07) is 9.69. The number of likely N-dealkylation sites (tertiary alicyclic amines) is 1. The maximum Gasteiger partial charge on any atom is 0.407 e. The highest BCUT2D eigenvalue weighted by Gasteiger charge is 2.23. The monoisotopic (exact) mass is 415 g/mol. The summed E-state index contributed by atoms with van der Waals surface area (Å²) in [6.07, 6.45) is 4.80. The number of nitrogens with one attached hydrogen (secondary N) is 2. The maximum atomic E-state index is 12.3. The molecule has 1 fully saturated rings. The van der Waals surface area contributed by atoms with Gasteiger partial charge >= 0.3 is 6.09 Å². The number of amides is 3. The smallest absolute Gasteiger partial charge is 0.407 e. The molecule has 3 amide bonds. The van der Waals surface area contributed by atoms with Gasteiger partial charge in [-0.3, -0.25) is 9.59 Å². The molecule has 0 bridgehead atoms. The lowest BCUT2D eigenvalue weighted by molar-refractivity contribution is -0.132. The third-order valence-electron chi connectivity index (χ3n) is 4.77. The molecule has 0 spiro atoms. The number of carbonyl (C=O) groups excluding carboxylic acids is 3. The second-order valence-corrected chi connectivity index (χ2v) is 8.49. The minimum Gasteiger partial charge on any atom is -0.444 e. The van der Waals surface area contributed by atoms with Crippen molar-refractivity contribution in [2.24, 2.45) is 5.92 Å². The SMILES string of the molecule is CC(C)(C)OC(=O)NCCC(=O)N1CCC(CNC(=O)/C=C/c2ccccc2)CC1. The third kappa shape index (κ3) is 9.11. The van der Waals surface area contributed by atoms with Crippen LogP contribution in [0.5, 0.6) is 0 Å². The van der Waals surface area contributed by atoms with Gasteiger partial charge in [-0.05, 0) is 51.2 Å². The number of hydrogen-bond donors (Lipinski definition) is 2. The Morgan fingerprint density at radius 1 is 1.10 bits per heavy atom. The van der Waals surface area contributed by atoms with Gasteiger partial charge in [0.2, 0.25) is 11.8 Å². The van der Waals surface area contributed by atoms with Crippen molar-refractivity contribution < 1.29 is 19.1 Å². The molecular weight excluding hydrogens is 382 g/mol. The first kappa shape index (κ1) is 23.4. The molecule has 0 aliphatic carbocycles. The topological polar surface area (TPSA) is 87.7 Å². The molecule has 2 N–H and O–H groups in total. The first-order valence-electron chi connectivity index (χ1n) is 10.5. The Morgan fingerprint density at radius 2 is 1.77 bits per heavy atom. The lowest BCUT2D eigenvalue weighted by Crippen LogP contribution is -2.42. The van der Waals surface area contributed by atoms with Crippen LogP contribution in [0.15, 0.2) is 36.4 Å². The summed E-state index contributed by atoms with van der Waals surface area (Å²) in [7, 11) is 0. The number of alkyl carbamates (subject to hydrolysis) is 1. The minimum absolute atomic E-state index is 0.0272. The summed E-state index contributed by atoms with van der Waals surface area (Å²) in [6.45, 7) is 7.60. The first-order valence-corrected chi connectivity index (χ1v) is 10.5. The second-order valence-electron chi connectivity index (χ2n) is 8.49. The Hall–Kier alpha value is -2.83. The molecule has 30 heavy (non-hydrogen) atoms. The fourth-order valence-corrected chi connectivity index (χ4v) is 3.17. The highest BCUT2D eigenvalue weighted by atomic mass is 16.6. The van der Waals surface area contributed by atoms with Gasteiger partial charge in [-0.2, -0.15) is 0 Å². The van der Waals surface area contributed by atoms with Gasteiger partial charge < -0.3 is 20.3 Å². The van der Waals surface area contributed by atoms with Crippen molar-refractivity contribution in [3.05, 3.63) is 42.0 Å². The van der Waals surface area contributed by atoms with Gasteiger partial charge in [0.1, 0.15) is 5.60 Å². The normalized spacial score (nSPS) is 15.1. The Labute approximate surface area is 178 Å². The van der Waals surface area contributed by atoms with Crippen molar-refractivity contribution in [2.75, 3.05) is 26.2 Å². The fraction of sp³-hybridized carbons (Fsp3) is 0.522. The lowest BCUT2D eigenvalue weighted by atomic mass is 9.96. The van der Waals surface area contributed by atoms with E-state index in [0.717, 1.165) is 18.4 Å². The molecule has 0 aromatic heterocycles. The van der Waals surface area contributed by atoms with Crippen molar-refractivity contribution in [3.8, 4) is 0 Å². The highest BCUT2D eigenvalue weighted by molar-refractivity contribution is 5.91. The van der Waals surface area contributed by atoms with E-state index in [0.29, 0.717) is 25.6 Å². The maximum absolute atomic E-state index is 12.3. The summed E-state index contributed by atoms with van der Waals surface area (Å²) in [4.78, 5) is 37.7. The average Bonchev–Trinajstić information content (AvgIpc) is 2.70. The van der Waals surface area contributed by atoms with Crippen molar-refractivity contribution in [1.29, 1.82) is 0 Å². The molecule has 0 radical (unpaired) electrons. The standard InChI is InChI=1S/C23H33N3O4/c1-23(2,3)30-22(29)24-14-11-21(28)26-15-12-19(13-16-26)17-25-20(27)10-9-18-7-5-4-6-8-18/h4-10,19H,11-17H2,1-3H3,(H,24,29)(H,25,27)/b10-9+. The van der Waals surface area contributed by atoms with Crippen molar-refractivity contribution in [3.63, 3.8) is 0 Å². The van der Waals surface area contributed by atoms with Gasteiger partial charge in [-0.25, -0.2) is 4.79 Å². The summed E-state index contributed by atoms with van der Waals surface area (Å²) < 4.78 is 5.15. The summed E-state index contributed by atoms with van der Waals surface area (Å²) in [5.74, 6) is 0.285. The average molecular weight is 416 g/mol. The van der Waals surface area contributed by atoms with E-state index in [1.54, 1.807) is 32.9 Å². The summed E-state index contributed by atoms with van der Waals surface area (Å²) >= 11 is 0. The number of piperidine rings is 1. The van der Waals surface area contributed by atoms with E-state index >= 15 is 0 Å². The van der Waals surface area contributed by atoms with Crippen LogP contribution in [-0.4, -0.2) is 54.6 Å². The summed E-state index contributed by atoms with van der Waals surface area (Å²) in [5, 5.41) is 5.55. The molecule has 1 aliphatic rings. The molecule has 1 aromatic carbocycles. The molecule has 0 saturated carbocycles. The van der Waals surface area contributed by atoms with Crippen molar-refractivity contribution in [1.82, 2.24) is 15.5 Å². The van der Waals surface area contributed by atoms with Gasteiger partial charge in [-0.1, -0.05) is 30.3 Å². The van der Waals surface area contributed by atoms with Gasteiger partial charge in [0.25, 0.3) is 0 Å². The molecule has 0 atom stereocenters. The van der Waals surface area contributed by atoms with Crippen LogP contribution < -0.4 is 10.6 Å². The van der Waals surface area contributed by atoms with Crippen LogP contribution in [0.3, 0.4) is 0 Å². The summed E-state index contributed by atoms with van der Waals surface area (Å²) in [5.41, 5.74) is 0.434. The largest absolute Gasteiger partial charge is 0.444 e. The van der Waals surface area contributed by atoms with Crippen LogP contribution in [0.25, 0.3) is 6.08 Å². The predicted molar refractivity (Wildman–Crippen MR) is 117 cm³/mol. The zero-order valence-electron chi connectivity index (χ0n) is 18.1. The molecule has 1 saturated heterocycles. The molecule has 2 rings (SSSR count). The van der Waals surface area contributed by atoms with E-state index in [9.17, 15) is 14.4 Å². The molecule has 1 aliphatic heterocycles. The van der Waals surface area contributed by atoms with Crippen molar-refractivity contribution >= 4 is 24.0 Å². The second kappa shape index (κ2) is 11.4. The number of rotatable bonds is 7. The quantitative estimate of drug-likeness (QED) is 0.670. The molecule has 1 aromatic rings. The molecule has 0 unspecified atom stereocenters. The molecular formula is C23H33N3O4. The third-order valence-corrected chi connectivity index (χ3v) is 4.77. The van der Waals surface area contributed by atoms with Crippen LogP contribution in [0.2, 0.25) is 0 Å². The number of carbonyl (C=O) groups is 3. The number of ether oxygens (including phenoxy) is 1. The Kier molecular flexibility index (Phi) is 8.89. The number of nitrogens with zero attached hydrogens (tertiary/aromatic N) is 1. The van der Waals surface area contributed by atoms with Gasteiger partial charge in [0, 0.05) is 38.7 Å². The lowest BCUT2D eigenvalue weighted by Gasteiger charge is -2.32. The van der Waals surface area contributed by atoms with E-state index in [2.05, 4.69) is 10.6 Å². The van der Waals surface area contributed by atoms with Crippen LogP contribution in [-0.2, 0) is 14.3 Å². The highest BCUT2D eigenvalue weighted by Crippen LogP contribution is 2.17. The van der Waals surface area contributed by atoms with E-state index in [4.69, 9.17) is 4.74 Å². The van der Waals surface area contributed by atoms with Gasteiger partial charge in [0.05, 0.1) is 0 Å². The van der Waals surface area contributed by atoms with E-state index < -0.39 is 11.7 Å². The minimum atomic E-state index is -0.553. The fourth-order valence-electron chi connectivity index (χ4n) is 3.17.